The first-order chi connectivity index (χ1) is 7.63. The Morgan fingerprint density at radius 2 is 2.25 bits per heavy atom. The molecule has 0 heterocycles. The Labute approximate surface area is 98.4 Å². The summed E-state index contributed by atoms with van der Waals surface area (Å²) >= 11 is 5.81. The minimum Gasteiger partial charge on any atom is -0.480 e. The van der Waals surface area contributed by atoms with Crippen molar-refractivity contribution >= 4 is 23.3 Å². The van der Waals surface area contributed by atoms with Gasteiger partial charge in [-0.3, -0.25) is 9.18 Å². The Morgan fingerprint density at radius 3 is 2.81 bits per heavy atom. The zero-order valence-corrected chi connectivity index (χ0v) is 9.45. The van der Waals surface area contributed by atoms with E-state index in [0.717, 1.165) is 0 Å². The molecule has 1 N–H and O–H groups in total. The Kier molecular flexibility index (Phi) is 5.05. The lowest BCUT2D eigenvalue weighted by Crippen LogP contribution is -2.30. The van der Waals surface area contributed by atoms with E-state index in [1.54, 1.807) is 29.2 Å². The highest BCUT2D eigenvalue weighted by atomic mass is 35.5. The second kappa shape index (κ2) is 6.33. The second-order valence-corrected chi connectivity index (χ2v) is 3.77. The molecule has 0 saturated heterocycles. The quantitative estimate of drug-likeness (QED) is 0.838. The molecule has 0 unspecified atom stereocenters. The number of alkyl halides is 1. The molecule has 0 aliphatic heterocycles. The van der Waals surface area contributed by atoms with Gasteiger partial charge in [0, 0.05) is 17.3 Å². The molecule has 0 bridgehead atoms. The lowest BCUT2D eigenvalue weighted by atomic mass is 10.2. The number of nitrogens with zero attached hydrogens (tertiary/aromatic N) is 1. The van der Waals surface area contributed by atoms with Crippen LogP contribution in [0.1, 0.15) is 6.42 Å². The number of carbonyl (C=O) groups is 1. The summed E-state index contributed by atoms with van der Waals surface area (Å²) in [5.41, 5.74) is 0.698. The second-order valence-electron chi connectivity index (χ2n) is 3.34. The molecule has 5 heteroatoms. The molecule has 1 aromatic carbocycles. The molecule has 16 heavy (non-hydrogen) atoms. The molecule has 0 aliphatic rings. The third-order valence-corrected chi connectivity index (χ3v) is 2.30. The van der Waals surface area contributed by atoms with Crippen molar-refractivity contribution in [2.45, 2.75) is 6.42 Å². The van der Waals surface area contributed by atoms with Crippen LogP contribution in [-0.4, -0.2) is 30.8 Å². The summed E-state index contributed by atoms with van der Waals surface area (Å²) in [5.74, 6) is -0.946. The van der Waals surface area contributed by atoms with Crippen LogP contribution in [0.25, 0.3) is 0 Å². The van der Waals surface area contributed by atoms with Crippen LogP contribution in [0, 0.1) is 0 Å². The van der Waals surface area contributed by atoms with Gasteiger partial charge in [-0.15, -0.1) is 0 Å². The number of benzene rings is 1. The van der Waals surface area contributed by atoms with Gasteiger partial charge in [0.25, 0.3) is 0 Å². The van der Waals surface area contributed by atoms with Crippen LogP contribution in [0.4, 0.5) is 10.1 Å². The van der Waals surface area contributed by atoms with E-state index >= 15 is 0 Å². The fourth-order valence-electron chi connectivity index (χ4n) is 1.39. The predicted octanol–water partition coefficient (Wildman–Crippen LogP) is 2.59. The summed E-state index contributed by atoms with van der Waals surface area (Å²) in [5, 5.41) is 9.28. The largest absolute Gasteiger partial charge is 0.480 e. The minimum absolute atomic E-state index is 0.152. The Morgan fingerprint density at radius 1 is 1.50 bits per heavy atom. The third kappa shape index (κ3) is 4.06. The Bertz CT molecular complexity index is 360. The van der Waals surface area contributed by atoms with Crippen LogP contribution in [0.5, 0.6) is 0 Å². The number of rotatable bonds is 6. The molecule has 1 rings (SSSR count). The van der Waals surface area contributed by atoms with E-state index in [9.17, 15) is 9.18 Å². The topological polar surface area (TPSA) is 40.5 Å². The highest BCUT2D eigenvalue weighted by molar-refractivity contribution is 6.30. The molecule has 3 nitrogen and oxygen atoms in total. The van der Waals surface area contributed by atoms with E-state index in [1.165, 1.54) is 0 Å². The smallest absolute Gasteiger partial charge is 0.323 e. The van der Waals surface area contributed by atoms with Gasteiger partial charge < -0.3 is 10.0 Å². The minimum atomic E-state index is -0.946. The average molecular weight is 246 g/mol. The molecule has 0 aromatic heterocycles. The zero-order chi connectivity index (χ0) is 12.0. The number of carboxylic acids is 1. The van der Waals surface area contributed by atoms with Crippen LogP contribution in [-0.2, 0) is 4.79 Å². The predicted molar refractivity (Wildman–Crippen MR) is 61.9 cm³/mol. The summed E-state index contributed by atoms with van der Waals surface area (Å²) in [6, 6.07) is 6.87. The maximum absolute atomic E-state index is 12.1. The molecule has 0 aliphatic carbocycles. The zero-order valence-electron chi connectivity index (χ0n) is 8.70. The first-order valence-corrected chi connectivity index (χ1v) is 5.29. The van der Waals surface area contributed by atoms with E-state index in [0.29, 0.717) is 23.7 Å². The molecule has 0 radical (unpaired) electrons. The van der Waals surface area contributed by atoms with Crippen molar-refractivity contribution < 1.29 is 14.3 Å². The van der Waals surface area contributed by atoms with E-state index in [4.69, 9.17) is 16.7 Å². The number of halogens is 2. The lowest BCUT2D eigenvalue weighted by Gasteiger charge is -2.22. The number of carboxylic acid groups (broad SMARTS) is 1. The Hall–Kier alpha value is -1.29. The van der Waals surface area contributed by atoms with Crippen molar-refractivity contribution in [3.63, 3.8) is 0 Å². The molecule has 0 spiro atoms. The summed E-state index contributed by atoms with van der Waals surface area (Å²) in [4.78, 5) is 12.3. The summed E-state index contributed by atoms with van der Waals surface area (Å²) in [7, 11) is 0. The molecule has 0 fully saturated rings. The van der Waals surface area contributed by atoms with Crippen molar-refractivity contribution in [3.8, 4) is 0 Å². The molecule has 88 valence electrons. The molecule has 1 aromatic rings. The van der Waals surface area contributed by atoms with Crippen molar-refractivity contribution in [3.05, 3.63) is 29.3 Å². The Balaban J connectivity index is 2.78. The first-order valence-electron chi connectivity index (χ1n) is 4.91. The van der Waals surface area contributed by atoms with Gasteiger partial charge in [0.1, 0.15) is 6.54 Å². The standard InChI is InChI=1S/C11H13ClFNO2/c12-9-3-1-4-10(7-9)14(6-2-5-13)8-11(15)16/h1,3-4,7H,2,5-6,8H2,(H,15,16). The lowest BCUT2D eigenvalue weighted by molar-refractivity contribution is -0.135. The summed E-state index contributed by atoms with van der Waals surface area (Å²) in [6.45, 7) is -0.250. The highest BCUT2D eigenvalue weighted by Crippen LogP contribution is 2.19. The van der Waals surface area contributed by atoms with Gasteiger partial charge in [-0.1, -0.05) is 17.7 Å². The molecule has 0 amide bonds. The average Bonchev–Trinajstić information content (AvgIpc) is 2.23. The molecular formula is C11H13ClFNO2. The summed E-state index contributed by atoms with van der Waals surface area (Å²) in [6.07, 6.45) is 0.305. The van der Waals surface area contributed by atoms with E-state index in [1.807, 2.05) is 0 Å². The fourth-order valence-corrected chi connectivity index (χ4v) is 1.57. The van der Waals surface area contributed by atoms with Gasteiger partial charge in [0.15, 0.2) is 0 Å². The van der Waals surface area contributed by atoms with Crippen LogP contribution < -0.4 is 4.90 Å². The first kappa shape index (κ1) is 12.8. The van der Waals surface area contributed by atoms with Gasteiger partial charge in [0.2, 0.25) is 0 Å². The van der Waals surface area contributed by atoms with Crippen molar-refractivity contribution in [1.82, 2.24) is 0 Å². The van der Waals surface area contributed by atoms with E-state index in [-0.39, 0.29) is 6.54 Å². The van der Waals surface area contributed by atoms with Gasteiger partial charge >= 0.3 is 5.97 Å². The van der Waals surface area contributed by atoms with Crippen molar-refractivity contribution in [1.29, 1.82) is 0 Å². The maximum Gasteiger partial charge on any atom is 0.323 e. The third-order valence-electron chi connectivity index (χ3n) is 2.06. The number of hydrogen-bond acceptors (Lipinski definition) is 2. The number of anilines is 1. The van der Waals surface area contributed by atoms with Crippen LogP contribution in [0.2, 0.25) is 5.02 Å². The molecule has 0 atom stereocenters. The normalized spacial score (nSPS) is 10.1. The monoisotopic (exact) mass is 245 g/mol. The van der Waals surface area contributed by atoms with Gasteiger partial charge in [-0.25, -0.2) is 0 Å². The van der Waals surface area contributed by atoms with Crippen LogP contribution in [0.15, 0.2) is 24.3 Å². The summed E-state index contributed by atoms with van der Waals surface area (Å²) < 4.78 is 12.1. The molecular weight excluding hydrogens is 233 g/mol. The maximum atomic E-state index is 12.1. The van der Waals surface area contributed by atoms with Crippen LogP contribution in [0.3, 0.4) is 0 Å². The fraction of sp³-hybridized carbons (Fsp3) is 0.364. The van der Waals surface area contributed by atoms with Crippen molar-refractivity contribution in [2.75, 3.05) is 24.7 Å². The number of hydrogen-bond donors (Lipinski definition) is 1. The van der Waals surface area contributed by atoms with E-state index < -0.39 is 12.6 Å². The van der Waals surface area contributed by atoms with Gasteiger partial charge in [0.05, 0.1) is 6.67 Å². The highest BCUT2D eigenvalue weighted by Gasteiger charge is 2.10. The number of aliphatic carboxylic acids is 1. The van der Waals surface area contributed by atoms with Crippen molar-refractivity contribution in [2.24, 2.45) is 0 Å². The van der Waals surface area contributed by atoms with Gasteiger partial charge in [-0.2, -0.15) is 0 Å². The SMILES string of the molecule is O=C(O)CN(CCCF)c1cccc(Cl)c1. The van der Waals surface area contributed by atoms with Crippen LogP contribution >= 0.6 is 11.6 Å². The van der Waals surface area contributed by atoms with Gasteiger partial charge in [-0.05, 0) is 24.6 Å². The molecule has 0 saturated carbocycles. The van der Waals surface area contributed by atoms with E-state index in [2.05, 4.69) is 0 Å².